The van der Waals surface area contributed by atoms with Gasteiger partial charge in [-0.05, 0) is 43.7 Å². The van der Waals surface area contributed by atoms with E-state index in [-0.39, 0.29) is 18.6 Å². The van der Waals surface area contributed by atoms with Gasteiger partial charge in [0.1, 0.15) is 0 Å². The number of carbonyl (C=O) groups is 1. The van der Waals surface area contributed by atoms with Gasteiger partial charge in [0.05, 0.1) is 12.6 Å². The summed E-state index contributed by atoms with van der Waals surface area (Å²) in [5, 5.41) is 15.7. The largest absolute Gasteiger partial charge is 0.393 e. The van der Waals surface area contributed by atoms with Crippen LogP contribution in [-0.2, 0) is 4.79 Å². The summed E-state index contributed by atoms with van der Waals surface area (Å²) in [6.45, 7) is 2.79. The Balaban J connectivity index is 2.19. The number of amides is 1. The summed E-state index contributed by atoms with van der Waals surface area (Å²) in [7, 11) is 0. The number of benzene rings is 1. The van der Waals surface area contributed by atoms with Gasteiger partial charge in [-0.15, -0.1) is 0 Å². The minimum atomic E-state index is -0.295. The third kappa shape index (κ3) is 6.00. The van der Waals surface area contributed by atoms with Crippen LogP contribution in [0, 0.1) is 0 Å². The summed E-state index contributed by atoms with van der Waals surface area (Å²) in [5.41, 5.74) is 0.722. The van der Waals surface area contributed by atoms with Crippen LogP contribution in [0.25, 0.3) is 0 Å². The van der Waals surface area contributed by atoms with E-state index in [1.165, 1.54) is 0 Å². The average molecular weight is 271 g/mol. The van der Waals surface area contributed by atoms with E-state index >= 15 is 0 Å². The van der Waals surface area contributed by atoms with Crippen molar-refractivity contribution in [2.24, 2.45) is 0 Å². The molecule has 100 valence electrons. The van der Waals surface area contributed by atoms with Crippen LogP contribution in [0.2, 0.25) is 5.02 Å². The molecule has 1 rings (SSSR count). The molecule has 0 bridgehead atoms. The first-order valence-corrected chi connectivity index (χ1v) is 6.43. The summed E-state index contributed by atoms with van der Waals surface area (Å²) in [6.07, 6.45) is 1.10. The zero-order valence-corrected chi connectivity index (χ0v) is 11.2. The fourth-order valence-corrected chi connectivity index (χ4v) is 1.54. The third-order valence-electron chi connectivity index (χ3n) is 2.54. The second-order valence-corrected chi connectivity index (χ2v) is 4.52. The summed E-state index contributed by atoms with van der Waals surface area (Å²) in [5.74, 6) is -0.108. The van der Waals surface area contributed by atoms with E-state index in [1.807, 2.05) is 6.92 Å². The Hall–Kier alpha value is -1.10. The molecule has 1 aromatic carbocycles. The van der Waals surface area contributed by atoms with E-state index in [9.17, 15) is 9.90 Å². The summed E-state index contributed by atoms with van der Waals surface area (Å²) in [6, 6.07) is 6.95. The Morgan fingerprint density at radius 1 is 1.39 bits per heavy atom. The van der Waals surface area contributed by atoms with Crippen LogP contribution in [0.1, 0.15) is 19.8 Å². The van der Waals surface area contributed by atoms with Crippen molar-refractivity contribution in [1.29, 1.82) is 0 Å². The standard InChI is InChI=1S/C13H19ClN2O2/c1-2-12(17)7-8-15-9-13(18)16-11-5-3-10(14)4-6-11/h3-6,12,15,17H,2,7-9H2,1H3,(H,16,18). The number of carbonyl (C=O) groups excluding carboxylic acids is 1. The fourth-order valence-electron chi connectivity index (χ4n) is 1.41. The highest BCUT2D eigenvalue weighted by Crippen LogP contribution is 2.12. The van der Waals surface area contributed by atoms with Gasteiger partial charge in [0.25, 0.3) is 0 Å². The van der Waals surface area contributed by atoms with Gasteiger partial charge in [-0.25, -0.2) is 0 Å². The van der Waals surface area contributed by atoms with Crippen molar-refractivity contribution in [3.05, 3.63) is 29.3 Å². The van der Waals surface area contributed by atoms with Crippen LogP contribution in [-0.4, -0.2) is 30.2 Å². The van der Waals surface area contributed by atoms with Crippen LogP contribution >= 0.6 is 11.6 Å². The molecule has 0 saturated heterocycles. The minimum absolute atomic E-state index is 0.108. The maximum absolute atomic E-state index is 11.5. The predicted octanol–water partition coefficient (Wildman–Crippen LogP) is 2.03. The zero-order valence-electron chi connectivity index (χ0n) is 10.4. The summed E-state index contributed by atoms with van der Waals surface area (Å²) >= 11 is 5.75. The van der Waals surface area contributed by atoms with Crippen LogP contribution in [0.5, 0.6) is 0 Å². The number of hydrogen-bond donors (Lipinski definition) is 3. The lowest BCUT2D eigenvalue weighted by atomic mass is 10.2. The molecule has 0 fully saturated rings. The number of aliphatic hydroxyl groups excluding tert-OH is 1. The Kier molecular flexibility index (Phi) is 6.72. The first-order chi connectivity index (χ1) is 8.61. The minimum Gasteiger partial charge on any atom is -0.393 e. The van der Waals surface area contributed by atoms with Crippen molar-refractivity contribution in [1.82, 2.24) is 5.32 Å². The normalized spacial score (nSPS) is 12.2. The van der Waals surface area contributed by atoms with Gasteiger partial charge < -0.3 is 15.7 Å². The molecule has 0 aromatic heterocycles. The zero-order chi connectivity index (χ0) is 13.4. The number of anilines is 1. The number of aliphatic hydroxyl groups is 1. The quantitative estimate of drug-likeness (QED) is 0.665. The lowest BCUT2D eigenvalue weighted by Gasteiger charge is -2.09. The van der Waals surface area contributed by atoms with Gasteiger partial charge in [-0.2, -0.15) is 0 Å². The molecule has 4 nitrogen and oxygen atoms in total. The van der Waals surface area contributed by atoms with Crippen molar-refractivity contribution < 1.29 is 9.90 Å². The first kappa shape index (κ1) is 15.0. The van der Waals surface area contributed by atoms with E-state index in [0.717, 1.165) is 12.1 Å². The average Bonchev–Trinajstić information content (AvgIpc) is 2.37. The second kappa shape index (κ2) is 8.08. The van der Waals surface area contributed by atoms with Crippen molar-refractivity contribution >= 4 is 23.2 Å². The highest BCUT2D eigenvalue weighted by Gasteiger charge is 2.03. The first-order valence-electron chi connectivity index (χ1n) is 6.06. The number of nitrogens with one attached hydrogen (secondary N) is 2. The molecule has 18 heavy (non-hydrogen) atoms. The van der Waals surface area contributed by atoms with E-state index < -0.39 is 0 Å². The van der Waals surface area contributed by atoms with Gasteiger partial charge in [0, 0.05) is 10.7 Å². The molecule has 0 radical (unpaired) electrons. The maximum Gasteiger partial charge on any atom is 0.238 e. The highest BCUT2D eigenvalue weighted by molar-refractivity contribution is 6.30. The molecular weight excluding hydrogens is 252 g/mol. The molecule has 0 aliphatic rings. The monoisotopic (exact) mass is 270 g/mol. The van der Waals surface area contributed by atoms with Crippen molar-refractivity contribution in [3.63, 3.8) is 0 Å². The fraction of sp³-hybridized carbons (Fsp3) is 0.462. The molecule has 0 aliphatic carbocycles. The van der Waals surface area contributed by atoms with Crippen LogP contribution in [0.15, 0.2) is 24.3 Å². The molecule has 1 atom stereocenters. The molecular formula is C13H19ClN2O2. The molecule has 1 amide bonds. The number of hydrogen-bond acceptors (Lipinski definition) is 3. The van der Waals surface area contributed by atoms with Crippen LogP contribution in [0.3, 0.4) is 0 Å². The van der Waals surface area contributed by atoms with Crippen molar-refractivity contribution in [3.8, 4) is 0 Å². The van der Waals surface area contributed by atoms with E-state index in [2.05, 4.69) is 10.6 Å². The summed E-state index contributed by atoms with van der Waals surface area (Å²) in [4.78, 5) is 11.5. The second-order valence-electron chi connectivity index (χ2n) is 4.08. The van der Waals surface area contributed by atoms with Crippen molar-refractivity contribution in [2.75, 3.05) is 18.4 Å². The Bertz CT molecular complexity index is 368. The van der Waals surface area contributed by atoms with Gasteiger partial charge >= 0.3 is 0 Å². The smallest absolute Gasteiger partial charge is 0.238 e. The topological polar surface area (TPSA) is 61.4 Å². The number of halogens is 1. The predicted molar refractivity (Wildman–Crippen MR) is 73.9 cm³/mol. The Morgan fingerprint density at radius 2 is 2.06 bits per heavy atom. The van der Waals surface area contributed by atoms with Crippen LogP contribution in [0.4, 0.5) is 5.69 Å². The maximum atomic E-state index is 11.5. The molecule has 5 heteroatoms. The van der Waals surface area contributed by atoms with Gasteiger partial charge in [-0.1, -0.05) is 18.5 Å². The van der Waals surface area contributed by atoms with E-state index in [1.54, 1.807) is 24.3 Å². The van der Waals surface area contributed by atoms with Gasteiger partial charge in [-0.3, -0.25) is 4.79 Å². The SMILES string of the molecule is CCC(O)CCNCC(=O)Nc1ccc(Cl)cc1. The van der Waals surface area contributed by atoms with Gasteiger partial charge in [0.15, 0.2) is 0 Å². The van der Waals surface area contributed by atoms with Crippen molar-refractivity contribution in [2.45, 2.75) is 25.9 Å². The van der Waals surface area contributed by atoms with Gasteiger partial charge in [0.2, 0.25) is 5.91 Å². The molecule has 0 saturated carbocycles. The van der Waals surface area contributed by atoms with E-state index in [0.29, 0.717) is 18.0 Å². The Labute approximate surface area is 112 Å². The van der Waals surface area contributed by atoms with Crippen LogP contribution < -0.4 is 10.6 Å². The molecule has 0 heterocycles. The molecule has 3 N–H and O–H groups in total. The lowest BCUT2D eigenvalue weighted by Crippen LogP contribution is -2.30. The molecule has 0 spiro atoms. The highest BCUT2D eigenvalue weighted by atomic mass is 35.5. The number of rotatable bonds is 7. The molecule has 1 unspecified atom stereocenters. The van der Waals surface area contributed by atoms with E-state index in [4.69, 9.17) is 11.6 Å². The third-order valence-corrected chi connectivity index (χ3v) is 2.79. The molecule has 0 aliphatic heterocycles. The Morgan fingerprint density at radius 3 is 2.67 bits per heavy atom. The molecule has 1 aromatic rings. The summed E-state index contributed by atoms with van der Waals surface area (Å²) < 4.78 is 0. The lowest BCUT2D eigenvalue weighted by molar-refractivity contribution is -0.115.